The van der Waals surface area contributed by atoms with Gasteiger partial charge < -0.3 is 15.0 Å². The van der Waals surface area contributed by atoms with Gasteiger partial charge in [0, 0.05) is 44.7 Å². The van der Waals surface area contributed by atoms with Crippen molar-refractivity contribution in [3.8, 4) is 5.75 Å². The molecule has 0 radical (unpaired) electrons. The average molecular weight is 318 g/mol. The largest absolute Gasteiger partial charge is 0.496 e. The fourth-order valence-corrected chi connectivity index (χ4v) is 3.09. The Morgan fingerprint density at radius 2 is 1.91 bits per heavy atom. The molecule has 1 aromatic carbocycles. The summed E-state index contributed by atoms with van der Waals surface area (Å²) in [5, 5.41) is 3.34. The number of ether oxygens (including phenoxy) is 1. The van der Waals surface area contributed by atoms with Crippen LogP contribution in [0.4, 0.5) is 0 Å². The molecule has 4 heteroatoms. The Morgan fingerprint density at radius 3 is 2.48 bits per heavy atom. The van der Waals surface area contributed by atoms with Crippen LogP contribution in [0.25, 0.3) is 0 Å². The number of Topliss-reactive ketones (excluding diaryl/α,β-unsaturated/α-hetero) is 1. The molecule has 23 heavy (non-hydrogen) atoms. The van der Waals surface area contributed by atoms with E-state index in [4.69, 9.17) is 4.74 Å². The number of nitrogens with zero attached hydrogens (tertiary/aromatic N) is 1. The van der Waals surface area contributed by atoms with E-state index >= 15 is 0 Å². The molecular weight excluding hydrogens is 288 g/mol. The van der Waals surface area contributed by atoms with Gasteiger partial charge in [0.05, 0.1) is 12.7 Å². The van der Waals surface area contributed by atoms with Crippen LogP contribution in [-0.2, 0) is 5.41 Å². The quantitative estimate of drug-likeness (QED) is 0.848. The maximum absolute atomic E-state index is 12.8. The predicted octanol–water partition coefficient (Wildman–Crippen LogP) is 2.78. The summed E-state index contributed by atoms with van der Waals surface area (Å²) in [6, 6.07) is 4.10. The minimum atomic E-state index is -0.0507. The summed E-state index contributed by atoms with van der Waals surface area (Å²) < 4.78 is 5.63. The summed E-state index contributed by atoms with van der Waals surface area (Å²) in [6.07, 6.45) is 0.545. The van der Waals surface area contributed by atoms with Gasteiger partial charge in [-0.3, -0.25) is 4.79 Å². The lowest BCUT2D eigenvalue weighted by atomic mass is 9.83. The van der Waals surface area contributed by atoms with Crippen LogP contribution in [0, 0.1) is 6.92 Å². The minimum absolute atomic E-state index is 0.0507. The summed E-state index contributed by atoms with van der Waals surface area (Å²) in [5.74, 6) is 0.919. The molecule has 1 N–H and O–H groups in total. The van der Waals surface area contributed by atoms with E-state index in [0.717, 1.165) is 55.2 Å². The SMILES string of the molecule is COc1c(C(=O)CCN2CCNCC2)cc(C)cc1C(C)(C)C. The number of piperazine rings is 1. The Hall–Kier alpha value is -1.39. The van der Waals surface area contributed by atoms with Gasteiger partial charge >= 0.3 is 0 Å². The smallest absolute Gasteiger partial charge is 0.167 e. The van der Waals surface area contributed by atoms with Crippen LogP contribution < -0.4 is 10.1 Å². The molecule has 4 nitrogen and oxygen atoms in total. The van der Waals surface area contributed by atoms with E-state index in [1.165, 1.54) is 0 Å². The summed E-state index contributed by atoms with van der Waals surface area (Å²) in [6.45, 7) is 13.4. The van der Waals surface area contributed by atoms with Crippen molar-refractivity contribution in [1.82, 2.24) is 10.2 Å². The highest BCUT2D eigenvalue weighted by Gasteiger charge is 2.24. The van der Waals surface area contributed by atoms with Gasteiger partial charge in [-0.1, -0.05) is 26.8 Å². The molecule has 0 amide bonds. The van der Waals surface area contributed by atoms with Crippen LogP contribution in [-0.4, -0.2) is 50.5 Å². The standard InChI is InChI=1S/C19H30N2O2/c1-14-12-15(18(23-5)16(13-14)19(2,3)4)17(22)6-9-21-10-7-20-8-11-21/h12-13,20H,6-11H2,1-5H3. The molecule has 1 fully saturated rings. The van der Waals surface area contributed by atoms with Gasteiger partial charge in [0.15, 0.2) is 5.78 Å². The Morgan fingerprint density at radius 1 is 1.26 bits per heavy atom. The third kappa shape index (κ3) is 4.55. The van der Waals surface area contributed by atoms with Crippen molar-refractivity contribution in [1.29, 1.82) is 0 Å². The number of carbonyl (C=O) groups excluding carboxylic acids is 1. The average Bonchev–Trinajstić information content (AvgIpc) is 2.52. The zero-order valence-electron chi connectivity index (χ0n) is 15.2. The fraction of sp³-hybridized carbons (Fsp3) is 0.632. The molecular formula is C19H30N2O2. The first-order valence-corrected chi connectivity index (χ1v) is 8.48. The highest BCUT2D eigenvalue weighted by Crippen LogP contribution is 2.35. The molecule has 1 aliphatic rings. The lowest BCUT2D eigenvalue weighted by molar-refractivity contribution is 0.0957. The summed E-state index contributed by atoms with van der Waals surface area (Å²) in [4.78, 5) is 15.1. The Kier molecular flexibility index (Phi) is 5.82. The highest BCUT2D eigenvalue weighted by atomic mass is 16.5. The van der Waals surface area contributed by atoms with Crippen LogP contribution in [0.3, 0.4) is 0 Å². The van der Waals surface area contributed by atoms with Gasteiger partial charge in [-0.05, 0) is 24.0 Å². The van der Waals surface area contributed by atoms with Crippen molar-refractivity contribution >= 4 is 5.78 Å². The van der Waals surface area contributed by atoms with Gasteiger partial charge in [-0.2, -0.15) is 0 Å². The van der Waals surface area contributed by atoms with Crippen LogP contribution in [0.5, 0.6) is 5.75 Å². The number of methoxy groups -OCH3 is 1. The van der Waals surface area contributed by atoms with Crippen molar-refractivity contribution in [3.63, 3.8) is 0 Å². The Balaban J connectivity index is 2.20. The van der Waals surface area contributed by atoms with Gasteiger partial charge in [-0.25, -0.2) is 0 Å². The molecule has 0 atom stereocenters. The molecule has 0 bridgehead atoms. The lowest BCUT2D eigenvalue weighted by Gasteiger charge is -2.27. The summed E-state index contributed by atoms with van der Waals surface area (Å²) in [7, 11) is 1.66. The van der Waals surface area contributed by atoms with E-state index in [1.54, 1.807) is 7.11 Å². The number of benzene rings is 1. The molecule has 1 aliphatic heterocycles. The van der Waals surface area contributed by atoms with E-state index in [-0.39, 0.29) is 11.2 Å². The molecule has 1 heterocycles. The molecule has 0 saturated carbocycles. The van der Waals surface area contributed by atoms with Crippen LogP contribution in [0.1, 0.15) is 48.7 Å². The van der Waals surface area contributed by atoms with Crippen molar-refractivity contribution in [2.45, 2.75) is 39.5 Å². The second-order valence-corrected chi connectivity index (χ2v) is 7.41. The van der Waals surface area contributed by atoms with Crippen LogP contribution >= 0.6 is 0 Å². The third-order valence-electron chi connectivity index (χ3n) is 4.41. The molecule has 0 unspecified atom stereocenters. The predicted molar refractivity (Wildman–Crippen MR) is 94.7 cm³/mol. The van der Waals surface area contributed by atoms with Gasteiger partial charge in [0.1, 0.15) is 5.75 Å². The number of nitrogens with one attached hydrogen (secondary N) is 1. The number of rotatable bonds is 5. The molecule has 0 aromatic heterocycles. The van der Waals surface area contributed by atoms with Crippen LogP contribution in [0.2, 0.25) is 0 Å². The van der Waals surface area contributed by atoms with E-state index in [1.807, 2.05) is 13.0 Å². The molecule has 1 saturated heterocycles. The normalized spacial score (nSPS) is 16.4. The second kappa shape index (κ2) is 7.45. The zero-order valence-corrected chi connectivity index (χ0v) is 15.2. The first-order chi connectivity index (χ1) is 10.8. The van der Waals surface area contributed by atoms with Crippen LogP contribution in [0.15, 0.2) is 12.1 Å². The molecule has 1 aromatic rings. The molecule has 0 spiro atoms. The van der Waals surface area contributed by atoms with Crippen molar-refractivity contribution in [2.75, 3.05) is 39.8 Å². The molecule has 0 aliphatic carbocycles. The number of ketones is 1. The maximum atomic E-state index is 12.8. The number of hydrogen-bond acceptors (Lipinski definition) is 4. The monoisotopic (exact) mass is 318 g/mol. The van der Waals surface area contributed by atoms with E-state index < -0.39 is 0 Å². The number of hydrogen-bond donors (Lipinski definition) is 1. The molecule has 2 rings (SSSR count). The Labute approximate surface area is 140 Å². The van der Waals surface area contributed by atoms with Gasteiger partial charge in [-0.15, -0.1) is 0 Å². The van der Waals surface area contributed by atoms with Gasteiger partial charge in [0.25, 0.3) is 0 Å². The molecule has 128 valence electrons. The topological polar surface area (TPSA) is 41.6 Å². The van der Waals surface area contributed by atoms with Crippen molar-refractivity contribution < 1.29 is 9.53 Å². The summed E-state index contributed by atoms with van der Waals surface area (Å²) in [5.41, 5.74) is 2.89. The van der Waals surface area contributed by atoms with Gasteiger partial charge in [0.2, 0.25) is 0 Å². The van der Waals surface area contributed by atoms with E-state index in [9.17, 15) is 4.79 Å². The number of aryl methyl sites for hydroxylation is 1. The Bertz CT molecular complexity index is 555. The lowest BCUT2D eigenvalue weighted by Crippen LogP contribution is -2.44. The second-order valence-electron chi connectivity index (χ2n) is 7.41. The van der Waals surface area contributed by atoms with E-state index in [2.05, 4.69) is 37.1 Å². The van der Waals surface area contributed by atoms with Crippen molar-refractivity contribution in [3.05, 3.63) is 28.8 Å². The maximum Gasteiger partial charge on any atom is 0.167 e. The van der Waals surface area contributed by atoms with Crippen molar-refractivity contribution in [2.24, 2.45) is 0 Å². The first-order valence-electron chi connectivity index (χ1n) is 8.48. The third-order valence-corrected chi connectivity index (χ3v) is 4.41. The zero-order chi connectivity index (χ0) is 17.0. The highest BCUT2D eigenvalue weighted by molar-refractivity contribution is 5.99. The summed E-state index contributed by atoms with van der Waals surface area (Å²) >= 11 is 0. The number of carbonyl (C=O) groups is 1. The first kappa shape index (κ1) is 18.0. The fourth-order valence-electron chi connectivity index (χ4n) is 3.09. The minimum Gasteiger partial charge on any atom is -0.496 e. The van der Waals surface area contributed by atoms with E-state index in [0.29, 0.717) is 6.42 Å².